The van der Waals surface area contributed by atoms with E-state index in [9.17, 15) is 19.4 Å². The summed E-state index contributed by atoms with van der Waals surface area (Å²) in [5, 5.41) is 20.6. The molecule has 0 aromatic carbocycles. The molecule has 0 aromatic rings. The maximum atomic E-state index is 13.1. The molecule has 0 saturated carbocycles. The third-order valence-electron chi connectivity index (χ3n) is 4.52. The van der Waals surface area contributed by atoms with Gasteiger partial charge in [-0.25, -0.2) is 4.39 Å². The Morgan fingerprint density at radius 1 is 1.39 bits per heavy atom. The maximum Gasteiger partial charge on any atom is 0.263 e. The molecular formula is C25H41FN2O5. The summed E-state index contributed by atoms with van der Waals surface area (Å²) in [7, 11) is 0. The second-order valence-electron chi connectivity index (χ2n) is 7.22. The van der Waals surface area contributed by atoms with Crippen molar-refractivity contribution in [3.05, 3.63) is 47.6 Å². The van der Waals surface area contributed by atoms with Crippen molar-refractivity contribution >= 4 is 12.1 Å². The first-order chi connectivity index (χ1) is 15.9. The molecule has 8 heteroatoms. The number of carbonyl (C=O) groups is 1. The Bertz CT molecular complexity index is 716. The average Bonchev–Trinajstić information content (AvgIpc) is 2.81. The molecule has 2 aliphatic heterocycles. The quantitative estimate of drug-likeness (QED) is 0.411. The Kier molecular flexibility index (Phi) is 16.7. The van der Waals surface area contributed by atoms with Crippen molar-refractivity contribution in [2.75, 3.05) is 33.0 Å². The van der Waals surface area contributed by atoms with Crippen molar-refractivity contribution < 1.29 is 28.9 Å². The van der Waals surface area contributed by atoms with Crippen molar-refractivity contribution in [1.82, 2.24) is 4.90 Å². The Labute approximate surface area is 198 Å². The third kappa shape index (κ3) is 9.92. The van der Waals surface area contributed by atoms with Crippen LogP contribution in [0.15, 0.2) is 52.6 Å². The van der Waals surface area contributed by atoms with E-state index in [0.717, 1.165) is 17.9 Å². The lowest BCUT2D eigenvalue weighted by Gasteiger charge is -2.35. The highest BCUT2D eigenvalue weighted by molar-refractivity contribution is 6.00. The van der Waals surface area contributed by atoms with Gasteiger partial charge in [-0.2, -0.15) is 0 Å². The molecule has 0 aliphatic carbocycles. The first kappa shape index (κ1) is 30.6. The van der Waals surface area contributed by atoms with Crippen molar-refractivity contribution in [3.63, 3.8) is 0 Å². The van der Waals surface area contributed by atoms with Crippen molar-refractivity contribution in [2.24, 2.45) is 10.9 Å². The lowest BCUT2D eigenvalue weighted by molar-refractivity contribution is -0.134. The van der Waals surface area contributed by atoms with Crippen LogP contribution < -0.4 is 0 Å². The molecule has 0 spiro atoms. The molecule has 2 heterocycles. The van der Waals surface area contributed by atoms with Gasteiger partial charge in [-0.05, 0) is 26.7 Å². The van der Waals surface area contributed by atoms with Crippen LogP contribution in [0.25, 0.3) is 0 Å². The first-order valence-corrected chi connectivity index (χ1v) is 11.6. The first-order valence-electron chi connectivity index (χ1n) is 11.6. The highest BCUT2D eigenvalue weighted by atomic mass is 19.1. The van der Waals surface area contributed by atoms with E-state index >= 15 is 0 Å². The lowest BCUT2D eigenvalue weighted by Crippen LogP contribution is -2.42. The largest absolute Gasteiger partial charge is 0.506 e. The number of halogens is 1. The van der Waals surface area contributed by atoms with Crippen LogP contribution in [0.4, 0.5) is 4.39 Å². The molecule has 0 radical (unpaired) electrons. The summed E-state index contributed by atoms with van der Waals surface area (Å²) in [5.41, 5.74) is 0.566. The van der Waals surface area contributed by atoms with E-state index in [0.29, 0.717) is 26.1 Å². The summed E-state index contributed by atoms with van der Waals surface area (Å²) >= 11 is 0. The van der Waals surface area contributed by atoms with Gasteiger partial charge < -0.3 is 24.6 Å². The van der Waals surface area contributed by atoms with E-state index in [1.54, 1.807) is 11.8 Å². The van der Waals surface area contributed by atoms with E-state index < -0.39 is 18.9 Å². The van der Waals surface area contributed by atoms with Crippen LogP contribution in [-0.4, -0.2) is 66.5 Å². The van der Waals surface area contributed by atoms with Crippen molar-refractivity contribution in [3.8, 4) is 0 Å². The number of aliphatic imine (C=N–C) groups is 1. The fraction of sp³-hybridized carbons (Fsp3) is 0.600. The summed E-state index contributed by atoms with van der Waals surface area (Å²) in [6.45, 7) is 13.9. The predicted molar refractivity (Wildman–Crippen MR) is 131 cm³/mol. The normalized spacial score (nSPS) is 21.5. The van der Waals surface area contributed by atoms with Crippen molar-refractivity contribution in [1.29, 1.82) is 0 Å². The zero-order valence-corrected chi connectivity index (χ0v) is 20.7. The minimum absolute atomic E-state index is 0.0147. The van der Waals surface area contributed by atoms with Crippen molar-refractivity contribution in [2.45, 2.75) is 60.2 Å². The molecule has 0 fully saturated rings. The lowest BCUT2D eigenvalue weighted by atomic mass is 9.97. The standard InChI is InChI=1S/C19H28N2O5.C3H5F.C3H8/c1-4-7-8-13-11-20-12-15(22)16(19(24)25-6-3)18(23)21-9-10-26-17(13)14(21)5-2;1-2-3-4;1-3-2/h4,7,12-13,19,22,24H,5-6,8-11H2,1-3H3;2H,1,3H2;3H2,1-2H3/b7-4+,16-15-,20-12?;;. The van der Waals surface area contributed by atoms with E-state index in [4.69, 9.17) is 9.47 Å². The molecule has 188 valence electrons. The fourth-order valence-corrected chi connectivity index (χ4v) is 3.17. The molecule has 1 amide bonds. The van der Waals surface area contributed by atoms with Crippen LogP contribution in [0.5, 0.6) is 0 Å². The number of nitrogens with zero attached hydrogens (tertiary/aromatic N) is 2. The number of ether oxygens (including phenoxy) is 2. The van der Waals surface area contributed by atoms with Crippen LogP contribution in [0.3, 0.4) is 0 Å². The molecule has 0 aromatic heterocycles. The van der Waals surface area contributed by atoms with E-state index in [2.05, 4.69) is 25.4 Å². The van der Waals surface area contributed by atoms with Gasteiger partial charge in [0.1, 0.15) is 30.4 Å². The highest BCUT2D eigenvalue weighted by Gasteiger charge is 2.35. The average molecular weight is 469 g/mol. The van der Waals surface area contributed by atoms with Gasteiger partial charge in [0, 0.05) is 19.1 Å². The number of hydrogen-bond donors (Lipinski definition) is 2. The Hall–Kier alpha value is -2.45. The van der Waals surface area contributed by atoms with Gasteiger partial charge in [0.25, 0.3) is 5.91 Å². The predicted octanol–water partition coefficient (Wildman–Crippen LogP) is 4.86. The summed E-state index contributed by atoms with van der Waals surface area (Å²) in [6.07, 6.45) is 7.49. The van der Waals surface area contributed by atoms with Crippen LogP contribution in [0.2, 0.25) is 0 Å². The number of amides is 1. The number of hydrogen-bond acceptors (Lipinski definition) is 6. The summed E-state index contributed by atoms with van der Waals surface area (Å²) < 4.78 is 21.7. The minimum Gasteiger partial charge on any atom is -0.506 e. The number of fused-ring (bicyclic) bond motifs is 1. The van der Waals surface area contributed by atoms with Gasteiger partial charge >= 0.3 is 0 Å². The third-order valence-corrected chi connectivity index (χ3v) is 4.52. The zero-order valence-electron chi connectivity index (χ0n) is 20.7. The molecule has 7 nitrogen and oxygen atoms in total. The van der Waals surface area contributed by atoms with Gasteiger partial charge in [0.2, 0.25) is 0 Å². The topological polar surface area (TPSA) is 91.6 Å². The van der Waals surface area contributed by atoms with Gasteiger partial charge in [0.05, 0.1) is 18.5 Å². The molecule has 2 unspecified atom stereocenters. The van der Waals surface area contributed by atoms with E-state index in [1.165, 1.54) is 18.7 Å². The number of alkyl halides is 1. The smallest absolute Gasteiger partial charge is 0.263 e. The van der Waals surface area contributed by atoms with E-state index in [1.807, 2.05) is 26.0 Å². The SMILES string of the molecule is C/C=C/CC1CN=C/C(O)=C(/C(O)OCC)C(=O)N2CCOC1=C2CC.C=CCF.CCC. The molecule has 33 heavy (non-hydrogen) atoms. The van der Waals surface area contributed by atoms with E-state index in [-0.39, 0.29) is 23.9 Å². The van der Waals surface area contributed by atoms with Gasteiger partial charge in [-0.15, -0.1) is 6.58 Å². The Morgan fingerprint density at radius 2 is 2.03 bits per heavy atom. The summed E-state index contributed by atoms with van der Waals surface area (Å²) in [5.74, 6) is -0.112. The van der Waals surface area contributed by atoms with Gasteiger partial charge in [0.15, 0.2) is 6.29 Å². The number of rotatable bonds is 7. The zero-order chi connectivity index (χ0) is 25.2. The molecule has 2 rings (SSSR count). The van der Waals surface area contributed by atoms with Gasteiger partial charge in [-0.3, -0.25) is 9.79 Å². The Morgan fingerprint density at radius 3 is 2.55 bits per heavy atom. The molecule has 2 bridgehead atoms. The number of carbonyl (C=O) groups excluding carboxylic acids is 1. The Balaban J connectivity index is 0.00000129. The number of allylic oxidation sites excluding steroid dienone is 5. The monoisotopic (exact) mass is 468 g/mol. The highest BCUT2D eigenvalue weighted by Crippen LogP contribution is 2.31. The maximum absolute atomic E-state index is 13.1. The van der Waals surface area contributed by atoms with Crippen LogP contribution in [0.1, 0.15) is 53.9 Å². The second-order valence-corrected chi connectivity index (χ2v) is 7.22. The van der Waals surface area contributed by atoms with Crippen LogP contribution in [0, 0.1) is 5.92 Å². The molecule has 2 N–H and O–H groups in total. The number of aliphatic hydroxyl groups is 2. The van der Waals surface area contributed by atoms with Gasteiger partial charge in [-0.1, -0.05) is 45.4 Å². The number of aliphatic hydroxyl groups excluding tert-OH is 2. The summed E-state index contributed by atoms with van der Waals surface area (Å²) in [4.78, 5) is 18.9. The summed E-state index contributed by atoms with van der Waals surface area (Å²) in [6, 6.07) is 0. The van der Waals surface area contributed by atoms with Crippen LogP contribution in [-0.2, 0) is 14.3 Å². The molecular weight excluding hydrogens is 427 g/mol. The molecule has 2 aliphatic rings. The minimum atomic E-state index is -1.51. The fourth-order valence-electron chi connectivity index (χ4n) is 3.17. The second kappa shape index (κ2) is 18.0. The molecule has 0 saturated heterocycles. The van der Waals surface area contributed by atoms with Crippen LogP contribution >= 0.6 is 0 Å². The molecule has 2 atom stereocenters.